The van der Waals surface area contributed by atoms with Crippen LogP contribution >= 0.6 is 0 Å². The van der Waals surface area contributed by atoms with Gasteiger partial charge in [-0.2, -0.15) is 0 Å². The highest BCUT2D eigenvalue weighted by Crippen LogP contribution is 2.29. The summed E-state index contributed by atoms with van der Waals surface area (Å²) in [5.74, 6) is 0.562. The molecule has 0 aliphatic carbocycles. The Morgan fingerprint density at radius 2 is 1.78 bits per heavy atom. The number of amides is 2. The van der Waals surface area contributed by atoms with Crippen molar-refractivity contribution in [3.8, 4) is 11.5 Å². The van der Waals surface area contributed by atoms with Crippen LogP contribution in [0.5, 0.6) is 11.5 Å². The lowest BCUT2D eigenvalue weighted by atomic mass is 10.1. The quantitative estimate of drug-likeness (QED) is 0.771. The van der Waals surface area contributed by atoms with Gasteiger partial charge in [0.05, 0.1) is 25.3 Å². The summed E-state index contributed by atoms with van der Waals surface area (Å²) in [6.45, 7) is 2.73. The molecule has 0 saturated heterocycles. The van der Waals surface area contributed by atoms with E-state index in [1.807, 2.05) is 0 Å². The van der Waals surface area contributed by atoms with Gasteiger partial charge in [0.25, 0.3) is 11.8 Å². The summed E-state index contributed by atoms with van der Waals surface area (Å²) in [5.41, 5.74) is 1.24. The highest BCUT2D eigenvalue weighted by molar-refractivity contribution is 6.05. The zero-order valence-corrected chi connectivity index (χ0v) is 16.1. The average Bonchev–Trinajstić information content (AvgIpc) is 2.71. The standard InChI is InChI=1S/C20H25N3O4/c1-5-6-9-23(2)20(25)15-10-14(12-21-13-15)19(24)22-16-7-8-17(26-3)18(11-16)27-4/h7-8,10-13H,5-6,9H2,1-4H3,(H,22,24). The van der Waals surface area contributed by atoms with Crippen molar-refractivity contribution in [1.29, 1.82) is 0 Å². The van der Waals surface area contributed by atoms with E-state index < -0.39 is 0 Å². The molecular formula is C20H25N3O4. The molecule has 144 valence electrons. The first-order valence-corrected chi connectivity index (χ1v) is 8.74. The van der Waals surface area contributed by atoms with E-state index >= 15 is 0 Å². The van der Waals surface area contributed by atoms with E-state index in [2.05, 4.69) is 17.2 Å². The lowest BCUT2D eigenvalue weighted by molar-refractivity contribution is 0.0793. The highest BCUT2D eigenvalue weighted by Gasteiger charge is 2.15. The van der Waals surface area contributed by atoms with Crippen molar-refractivity contribution < 1.29 is 19.1 Å². The largest absolute Gasteiger partial charge is 0.493 e. The molecule has 0 bridgehead atoms. The van der Waals surface area contributed by atoms with Gasteiger partial charge in [0, 0.05) is 37.7 Å². The Labute approximate surface area is 159 Å². The number of anilines is 1. The molecule has 0 atom stereocenters. The molecule has 7 heteroatoms. The summed E-state index contributed by atoms with van der Waals surface area (Å²) in [4.78, 5) is 30.7. The fraction of sp³-hybridized carbons (Fsp3) is 0.350. The lowest BCUT2D eigenvalue weighted by Crippen LogP contribution is -2.28. The number of nitrogens with zero attached hydrogens (tertiary/aromatic N) is 2. The van der Waals surface area contributed by atoms with Crippen molar-refractivity contribution in [2.24, 2.45) is 0 Å². The number of pyridine rings is 1. The van der Waals surface area contributed by atoms with Crippen LogP contribution in [0.15, 0.2) is 36.7 Å². The number of nitrogens with one attached hydrogen (secondary N) is 1. The fourth-order valence-electron chi connectivity index (χ4n) is 2.52. The van der Waals surface area contributed by atoms with Gasteiger partial charge in [-0.25, -0.2) is 0 Å². The number of methoxy groups -OCH3 is 2. The maximum atomic E-state index is 12.5. The van der Waals surface area contributed by atoms with Gasteiger partial charge >= 0.3 is 0 Å². The van der Waals surface area contributed by atoms with Crippen LogP contribution in [0.25, 0.3) is 0 Å². The molecule has 1 heterocycles. The van der Waals surface area contributed by atoms with Crippen molar-refractivity contribution in [1.82, 2.24) is 9.88 Å². The zero-order chi connectivity index (χ0) is 19.8. The number of hydrogen-bond donors (Lipinski definition) is 1. The minimum absolute atomic E-state index is 0.156. The summed E-state index contributed by atoms with van der Waals surface area (Å²) < 4.78 is 10.4. The Kier molecular flexibility index (Phi) is 7.16. The molecule has 0 aliphatic heterocycles. The normalized spacial score (nSPS) is 10.2. The van der Waals surface area contributed by atoms with Crippen molar-refractivity contribution >= 4 is 17.5 Å². The Hall–Kier alpha value is -3.09. The molecule has 2 amide bonds. The SMILES string of the molecule is CCCCN(C)C(=O)c1cncc(C(=O)Nc2ccc(OC)c(OC)c2)c1. The molecule has 0 spiro atoms. The van der Waals surface area contributed by atoms with Gasteiger partial charge in [-0.05, 0) is 24.6 Å². The number of rotatable bonds is 8. The maximum absolute atomic E-state index is 12.5. The van der Waals surface area contributed by atoms with Crippen LogP contribution in [-0.4, -0.2) is 49.5 Å². The van der Waals surface area contributed by atoms with Crippen LogP contribution in [0.2, 0.25) is 0 Å². The topological polar surface area (TPSA) is 80.8 Å². The monoisotopic (exact) mass is 371 g/mol. The molecule has 1 N–H and O–H groups in total. The molecule has 1 aromatic carbocycles. The Morgan fingerprint density at radius 3 is 2.44 bits per heavy atom. The van der Waals surface area contributed by atoms with Crippen molar-refractivity contribution in [2.75, 3.05) is 33.1 Å². The van der Waals surface area contributed by atoms with E-state index in [-0.39, 0.29) is 11.8 Å². The molecule has 2 rings (SSSR count). The first-order chi connectivity index (χ1) is 13.0. The van der Waals surface area contributed by atoms with Crippen molar-refractivity contribution in [3.63, 3.8) is 0 Å². The lowest BCUT2D eigenvalue weighted by Gasteiger charge is -2.16. The molecule has 0 unspecified atom stereocenters. The number of ether oxygens (including phenoxy) is 2. The zero-order valence-electron chi connectivity index (χ0n) is 16.1. The van der Waals surface area contributed by atoms with Crippen LogP contribution < -0.4 is 14.8 Å². The summed E-state index contributed by atoms with van der Waals surface area (Å²) in [6, 6.07) is 6.63. The van der Waals surface area contributed by atoms with Crippen LogP contribution in [-0.2, 0) is 0 Å². The highest BCUT2D eigenvalue weighted by atomic mass is 16.5. The molecule has 0 radical (unpaired) electrons. The van der Waals surface area contributed by atoms with Gasteiger partial charge < -0.3 is 19.7 Å². The number of unbranched alkanes of at least 4 members (excludes halogenated alkanes) is 1. The van der Waals surface area contributed by atoms with Crippen LogP contribution in [0.1, 0.15) is 40.5 Å². The van der Waals surface area contributed by atoms with Gasteiger partial charge in [-0.3, -0.25) is 14.6 Å². The molecule has 27 heavy (non-hydrogen) atoms. The molecule has 1 aromatic heterocycles. The predicted molar refractivity (Wildman–Crippen MR) is 104 cm³/mol. The predicted octanol–water partition coefficient (Wildman–Crippen LogP) is 3.22. The maximum Gasteiger partial charge on any atom is 0.257 e. The molecular weight excluding hydrogens is 346 g/mol. The third-order valence-electron chi connectivity index (χ3n) is 4.08. The van der Waals surface area contributed by atoms with E-state index in [1.54, 1.807) is 43.3 Å². The molecule has 0 fully saturated rings. The van der Waals surface area contributed by atoms with Crippen molar-refractivity contribution in [3.05, 3.63) is 47.8 Å². The third-order valence-corrected chi connectivity index (χ3v) is 4.08. The first-order valence-electron chi connectivity index (χ1n) is 8.74. The van der Waals surface area contributed by atoms with Crippen molar-refractivity contribution in [2.45, 2.75) is 19.8 Å². The average molecular weight is 371 g/mol. The Bertz CT molecular complexity index is 808. The smallest absolute Gasteiger partial charge is 0.257 e. The second-order valence-corrected chi connectivity index (χ2v) is 6.07. The molecule has 0 aliphatic rings. The minimum atomic E-state index is -0.361. The van der Waals surface area contributed by atoms with E-state index in [9.17, 15) is 9.59 Å². The number of hydrogen-bond acceptors (Lipinski definition) is 5. The summed E-state index contributed by atoms with van der Waals surface area (Å²) in [6.07, 6.45) is 4.83. The number of benzene rings is 1. The van der Waals surface area contributed by atoms with E-state index in [4.69, 9.17) is 9.47 Å². The van der Waals surface area contributed by atoms with E-state index in [0.29, 0.717) is 34.9 Å². The molecule has 0 saturated carbocycles. The van der Waals surface area contributed by atoms with E-state index in [1.165, 1.54) is 19.5 Å². The number of carbonyl (C=O) groups excluding carboxylic acids is 2. The minimum Gasteiger partial charge on any atom is -0.493 e. The van der Waals surface area contributed by atoms with Crippen LogP contribution in [0.3, 0.4) is 0 Å². The summed E-state index contributed by atoms with van der Waals surface area (Å²) in [5, 5.41) is 2.77. The Morgan fingerprint density at radius 1 is 1.07 bits per heavy atom. The second-order valence-electron chi connectivity index (χ2n) is 6.07. The third kappa shape index (κ3) is 5.20. The van der Waals surface area contributed by atoms with E-state index in [0.717, 1.165) is 12.8 Å². The second kappa shape index (κ2) is 9.56. The molecule has 7 nitrogen and oxygen atoms in total. The molecule has 2 aromatic rings. The van der Waals surface area contributed by atoms with Gasteiger partial charge in [0.1, 0.15) is 0 Å². The summed E-state index contributed by atoms with van der Waals surface area (Å²) in [7, 11) is 4.81. The summed E-state index contributed by atoms with van der Waals surface area (Å²) >= 11 is 0. The fourth-order valence-corrected chi connectivity index (χ4v) is 2.52. The van der Waals surface area contributed by atoms with Gasteiger partial charge in [0.2, 0.25) is 0 Å². The van der Waals surface area contributed by atoms with Crippen LogP contribution in [0.4, 0.5) is 5.69 Å². The van der Waals surface area contributed by atoms with Gasteiger partial charge in [-0.15, -0.1) is 0 Å². The first kappa shape index (κ1) is 20.2. The Balaban J connectivity index is 2.14. The number of aromatic nitrogens is 1. The van der Waals surface area contributed by atoms with Gasteiger partial charge in [0.15, 0.2) is 11.5 Å². The van der Waals surface area contributed by atoms with Crippen LogP contribution in [0, 0.1) is 0 Å². The van der Waals surface area contributed by atoms with Gasteiger partial charge in [-0.1, -0.05) is 13.3 Å². The number of carbonyl (C=O) groups is 2.